The zero-order chi connectivity index (χ0) is 14.3. The number of nitrogens with zero attached hydrogens (tertiary/aromatic N) is 1. The van der Waals surface area contributed by atoms with E-state index in [4.69, 9.17) is 0 Å². The molecule has 1 aromatic carbocycles. The molecular weight excluding hydrogens is 258 g/mol. The van der Waals surface area contributed by atoms with Crippen molar-refractivity contribution in [2.45, 2.75) is 12.8 Å². The second-order valence-electron chi connectivity index (χ2n) is 4.99. The van der Waals surface area contributed by atoms with Gasteiger partial charge in [-0.05, 0) is 25.0 Å². The van der Waals surface area contributed by atoms with Crippen LogP contribution in [-0.2, 0) is 9.59 Å². The van der Waals surface area contributed by atoms with Crippen molar-refractivity contribution in [1.82, 2.24) is 0 Å². The Kier molecular flexibility index (Phi) is 2.89. The lowest BCUT2D eigenvalue weighted by molar-refractivity contribution is -0.122. The Labute approximate surface area is 115 Å². The number of rotatable bonds is 2. The molecule has 102 valence electrons. The summed E-state index contributed by atoms with van der Waals surface area (Å²) in [6, 6.07) is 6.11. The van der Waals surface area contributed by atoms with E-state index >= 15 is 0 Å². The number of carbonyl (C=O) groups is 3. The van der Waals surface area contributed by atoms with Crippen LogP contribution in [0.5, 0.6) is 0 Å². The normalized spacial score (nSPS) is 24.9. The van der Waals surface area contributed by atoms with E-state index in [1.165, 1.54) is 12.1 Å². The Morgan fingerprint density at radius 2 is 1.60 bits per heavy atom. The molecule has 1 aliphatic heterocycles. The summed E-state index contributed by atoms with van der Waals surface area (Å²) in [5, 5.41) is 9.20. The molecule has 2 amide bonds. The van der Waals surface area contributed by atoms with Gasteiger partial charge in [0.05, 0.1) is 23.1 Å². The Hall–Kier alpha value is -2.43. The fourth-order valence-corrected chi connectivity index (χ4v) is 2.89. The molecule has 20 heavy (non-hydrogen) atoms. The second kappa shape index (κ2) is 4.59. The van der Waals surface area contributed by atoms with Crippen molar-refractivity contribution >= 4 is 23.5 Å². The van der Waals surface area contributed by atoms with Crippen LogP contribution in [0.2, 0.25) is 0 Å². The van der Waals surface area contributed by atoms with E-state index in [0.717, 1.165) is 4.90 Å². The molecular formula is C15H13NO4. The molecule has 1 aromatic rings. The Balaban J connectivity index is 2.06. The molecule has 1 heterocycles. The standard InChI is InChI=1S/C15H13NO4/c17-13-9-5-1-2-6-10(9)14(18)16(13)12-8-4-3-7-11(12)15(19)20/h1-4,7-10H,5-6H2,(H,19,20)/t9-,10+. The third kappa shape index (κ3) is 1.74. The number of para-hydroxylation sites is 1. The van der Waals surface area contributed by atoms with Gasteiger partial charge in [0.15, 0.2) is 0 Å². The third-order valence-corrected chi connectivity index (χ3v) is 3.88. The average Bonchev–Trinajstić information content (AvgIpc) is 2.71. The number of imide groups is 1. The number of carboxylic acid groups (broad SMARTS) is 1. The lowest BCUT2D eigenvalue weighted by Gasteiger charge is -2.16. The first-order valence-corrected chi connectivity index (χ1v) is 6.46. The van der Waals surface area contributed by atoms with Crippen molar-refractivity contribution in [2.75, 3.05) is 4.90 Å². The van der Waals surface area contributed by atoms with Gasteiger partial charge in [-0.1, -0.05) is 24.3 Å². The van der Waals surface area contributed by atoms with Gasteiger partial charge in [-0.25, -0.2) is 9.69 Å². The fourth-order valence-electron chi connectivity index (χ4n) is 2.89. The fraction of sp³-hybridized carbons (Fsp3) is 0.267. The highest BCUT2D eigenvalue weighted by molar-refractivity contribution is 6.23. The van der Waals surface area contributed by atoms with Gasteiger partial charge in [-0.15, -0.1) is 0 Å². The topological polar surface area (TPSA) is 74.7 Å². The van der Waals surface area contributed by atoms with Crippen molar-refractivity contribution < 1.29 is 19.5 Å². The number of allylic oxidation sites excluding steroid dienone is 2. The molecule has 1 saturated heterocycles. The number of aromatic carboxylic acids is 1. The van der Waals surface area contributed by atoms with Crippen molar-refractivity contribution in [2.24, 2.45) is 11.8 Å². The first-order chi connectivity index (χ1) is 9.61. The van der Waals surface area contributed by atoms with Gasteiger partial charge in [0.1, 0.15) is 0 Å². The molecule has 0 radical (unpaired) electrons. The first kappa shape index (κ1) is 12.6. The highest BCUT2D eigenvalue weighted by Gasteiger charge is 2.48. The molecule has 5 heteroatoms. The second-order valence-corrected chi connectivity index (χ2v) is 4.99. The van der Waals surface area contributed by atoms with Gasteiger partial charge in [-0.2, -0.15) is 0 Å². The minimum atomic E-state index is -1.14. The zero-order valence-electron chi connectivity index (χ0n) is 10.7. The number of carbonyl (C=O) groups excluding carboxylic acids is 2. The molecule has 0 aromatic heterocycles. The average molecular weight is 271 g/mol. The Morgan fingerprint density at radius 3 is 2.15 bits per heavy atom. The van der Waals surface area contributed by atoms with Crippen LogP contribution in [0.4, 0.5) is 5.69 Å². The molecule has 2 atom stereocenters. The predicted molar refractivity (Wildman–Crippen MR) is 71.2 cm³/mol. The number of amides is 2. The molecule has 1 aliphatic carbocycles. The summed E-state index contributed by atoms with van der Waals surface area (Å²) in [6.45, 7) is 0. The smallest absolute Gasteiger partial charge is 0.337 e. The van der Waals surface area contributed by atoms with Gasteiger partial charge in [0.25, 0.3) is 0 Å². The maximum Gasteiger partial charge on any atom is 0.337 e. The highest BCUT2D eigenvalue weighted by atomic mass is 16.4. The van der Waals surface area contributed by atoms with Crippen LogP contribution in [0.1, 0.15) is 23.2 Å². The summed E-state index contributed by atoms with van der Waals surface area (Å²) in [4.78, 5) is 37.1. The van der Waals surface area contributed by atoms with Crippen LogP contribution < -0.4 is 4.90 Å². The molecule has 0 unspecified atom stereocenters. The van der Waals surface area contributed by atoms with Crippen LogP contribution in [0.25, 0.3) is 0 Å². The summed E-state index contributed by atoms with van der Waals surface area (Å²) in [5.41, 5.74) is 0.144. The molecule has 3 rings (SSSR count). The molecule has 1 fully saturated rings. The van der Waals surface area contributed by atoms with Crippen molar-refractivity contribution in [3.8, 4) is 0 Å². The van der Waals surface area contributed by atoms with E-state index in [9.17, 15) is 19.5 Å². The van der Waals surface area contributed by atoms with Crippen molar-refractivity contribution in [3.05, 3.63) is 42.0 Å². The van der Waals surface area contributed by atoms with Crippen LogP contribution in [-0.4, -0.2) is 22.9 Å². The van der Waals surface area contributed by atoms with Gasteiger partial charge in [0.2, 0.25) is 11.8 Å². The molecule has 2 aliphatic rings. The first-order valence-electron chi connectivity index (χ1n) is 6.46. The summed E-state index contributed by atoms with van der Waals surface area (Å²) in [6.07, 6.45) is 4.89. The maximum absolute atomic E-state index is 12.4. The Bertz CT molecular complexity index is 609. The van der Waals surface area contributed by atoms with Gasteiger partial charge in [0, 0.05) is 0 Å². The van der Waals surface area contributed by atoms with E-state index in [2.05, 4.69) is 0 Å². The summed E-state index contributed by atoms with van der Waals surface area (Å²) in [7, 11) is 0. The summed E-state index contributed by atoms with van der Waals surface area (Å²) < 4.78 is 0. The van der Waals surface area contributed by atoms with E-state index in [-0.39, 0.29) is 34.9 Å². The lowest BCUT2D eigenvalue weighted by Crippen LogP contribution is -2.32. The van der Waals surface area contributed by atoms with Crippen LogP contribution in [0, 0.1) is 11.8 Å². The largest absolute Gasteiger partial charge is 0.478 e. The lowest BCUT2D eigenvalue weighted by atomic mass is 9.85. The van der Waals surface area contributed by atoms with Crippen molar-refractivity contribution in [1.29, 1.82) is 0 Å². The number of hydrogen-bond acceptors (Lipinski definition) is 3. The van der Waals surface area contributed by atoms with Crippen molar-refractivity contribution in [3.63, 3.8) is 0 Å². The SMILES string of the molecule is O=C(O)c1ccccc1N1C(=O)[C@H]2CC=CC[C@H]2C1=O. The Morgan fingerprint density at radius 1 is 1.05 bits per heavy atom. The number of carboxylic acids is 1. The molecule has 0 saturated carbocycles. The van der Waals surface area contributed by atoms with Crippen LogP contribution >= 0.6 is 0 Å². The molecule has 5 nitrogen and oxygen atoms in total. The molecule has 0 spiro atoms. The number of fused-ring (bicyclic) bond motifs is 1. The van der Waals surface area contributed by atoms with Crippen LogP contribution in [0.15, 0.2) is 36.4 Å². The van der Waals surface area contributed by atoms with Gasteiger partial charge >= 0.3 is 5.97 Å². The summed E-state index contributed by atoms with van der Waals surface area (Å²) in [5.74, 6) is -2.44. The van der Waals surface area contributed by atoms with E-state index in [0.29, 0.717) is 12.8 Å². The monoisotopic (exact) mass is 271 g/mol. The quantitative estimate of drug-likeness (QED) is 0.658. The number of hydrogen-bond donors (Lipinski definition) is 1. The van der Waals surface area contributed by atoms with Crippen LogP contribution in [0.3, 0.4) is 0 Å². The van der Waals surface area contributed by atoms with E-state index in [1.54, 1.807) is 12.1 Å². The highest BCUT2D eigenvalue weighted by Crippen LogP contribution is 2.38. The van der Waals surface area contributed by atoms with E-state index < -0.39 is 5.97 Å². The maximum atomic E-state index is 12.4. The summed E-state index contributed by atoms with van der Waals surface area (Å²) >= 11 is 0. The van der Waals surface area contributed by atoms with Gasteiger partial charge < -0.3 is 5.11 Å². The molecule has 1 N–H and O–H groups in total. The predicted octanol–water partition coefficient (Wildman–Crippen LogP) is 1.84. The van der Waals surface area contributed by atoms with E-state index in [1.807, 2.05) is 12.2 Å². The minimum Gasteiger partial charge on any atom is -0.478 e. The molecule has 0 bridgehead atoms. The number of anilines is 1. The zero-order valence-corrected chi connectivity index (χ0v) is 10.7. The third-order valence-electron chi connectivity index (χ3n) is 3.88. The van der Waals surface area contributed by atoms with Gasteiger partial charge in [-0.3, -0.25) is 9.59 Å². The minimum absolute atomic E-state index is 0.0270. The number of benzene rings is 1.